The molecule has 1 saturated carbocycles. The van der Waals surface area contributed by atoms with Crippen LogP contribution in [0, 0.1) is 5.82 Å². The minimum atomic E-state index is -0.698. The second kappa shape index (κ2) is 10.7. The normalized spacial score (nSPS) is 16.3. The van der Waals surface area contributed by atoms with Crippen LogP contribution in [0.3, 0.4) is 0 Å². The molecule has 2 aromatic rings. The zero-order chi connectivity index (χ0) is 23.2. The van der Waals surface area contributed by atoms with Gasteiger partial charge in [-0.3, -0.25) is 9.59 Å². The van der Waals surface area contributed by atoms with Gasteiger partial charge in [0.1, 0.15) is 11.9 Å². The Bertz CT molecular complexity index is 990. The highest BCUT2D eigenvalue weighted by Gasteiger charge is 2.28. The number of aryl methyl sites for hydroxylation is 1. The van der Waals surface area contributed by atoms with E-state index in [2.05, 4.69) is 5.32 Å². The van der Waals surface area contributed by atoms with Crippen LogP contribution >= 0.6 is 0 Å². The smallest absolute Gasteiger partial charge is 0.242 e. The van der Waals surface area contributed by atoms with Crippen LogP contribution in [-0.2, 0) is 22.6 Å². The molecule has 176 valence electrons. The van der Waals surface area contributed by atoms with Crippen molar-refractivity contribution in [3.05, 3.63) is 59.4 Å². The summed E-state index contributed by atoms with van der Waals surface area (Å²) in [6.45, 7) is 1.96. The van der Waals surface area contributed by atoms with Gasteiger partial charge < -0.3 is 19.7 Å². The Labute approximate surface area is 194 Å². The fraction of sp³-hybridized carbons (Fsp3) is 0.462. The first-order valence-corrected chi connectivity index (χ1v) is 11.7. The van der Waals surface area contributed by atoms with Crippen molar-refractivity contribution in [2.24, 2.45) is 0 Å². The Balaban J connectivity index is 1.45. The van der Waals surface area contributed by atoms with Gasteiger partial charge in [-0.2, -0.15) is 0 Å². The minimum absolute atomic E-state index is 0.0475. The largest absolute Gasteiger partial charge is 0.454 e. The molecule has 0 saturated heterocycles. The summed E-state index contributed by atoms with van der Waals surface area (Å²) in [6.07, 6.45) is 6.02. The highest BCUT2D eigenvalue weighted by atomic mass is 19.1. The number of halogens is 1. The Hall–Kier alpha value is -3.09. The van der Waals surface area contributed by atoms with E-state index in [-0.39, 0.29) is 43.4 Å². The van der Waals surface area contributed by atoms with Crippen molar-refractivity contribution in [3.8, 4) is 11.5 Å². The van der Waals surface area contributed by atoms with Crippen molar-refractivity contribution in [1.82, 2.24) is 10.2 Å². The molecule has 1 unspecified atom stereocenters. The van der Waals surface area contributed by atoms with Gasteiger partial charge in [-0.25, -0.2) is 4.39 Å². The van der Waals surface area contributed by atoms with Crippen molar-refractivity contribution in [3.63, 3.8) is 0 Å². The maximum atomic E-state index is 14.4. The summed E-state index contributed by atoms with van der Waals surface area (Å²) in [5.74, 6) is 0.602. The van der Waals surface area contributed by atoms with Gasteiger partial charge in [-0.1, -0.05) is 43.5 Å². The van der Waals surface area contributed by atoms with Crippen LogP contribution in [0.25, 0.3) is 0 Å². The van der Waals surface area contributed by atoms with Crippen LogP contribution in [0.5, 0.6) is 11.5 Å². The van der Waals surface area contributed by atoms with E-state index >= 15 is 0 Å². The summed E-state index contributed by atoms with van der Waals surface area (Å²) in [4.78, 5) is 27.8. The minimum Gasteiger partial charge on any atom is -0.454 e. The molecular weight excluding hydrogens is 423 g/mol. The first-order chi connectivity index (χ1) is 16.0. The number of ether oxygens (including phenoxy) is 2. The third-order valence-electron chi connectivity index (χ3n) is 6.48. The van der Waals surface area contributed by atoms with Crippen molar-refractivity contribution in [1.29, 1.82) is 0 Å². The lowest BCUT2D eigenvalue weighted by molar-refractivity contribution is -0.141. The van der Waals surface area contributed by atoms with Crippen molar-refractivity contribution < 1.29 is 23.5 Å². The van der Waals surface area contributed by atoms with Gasteiger partial charge in [-0.05, 0) is 49.9 Å². The van der Waals surface area contributed by atoms with Crippen molar-refractivity contribution in [2.45, 2.75) is 70.5 Å². The number of rotatable bonds is 8. The molecule has 1 atom stereocenters. The number of hydrogen-bond donors (Lipinski definition) is 1. The topological polar surface area (TPSA) is 67.9 Å². The van der Waals surface area contributed by atoms with Crippen molar-refractivity contribution >= 4 is 11.8 Å². The molecule has 1 aliphatic heterocycles. The number of amides is 2. The standard InChI is InChI=1S/C26H31FN2O4/c1-18(26(31)28-21-8-3-2-4-9-21)29(16-20-7-5-6-10-22(20)27)25(30)14-12-19-11-13-23-24(15-19)33-17-32-23/h5-7,10-11,13,15,18,21H,2-4,8-9,12,14,16-17H2,1H3,(H,28,31). The predicted molar refractivity (Wildman–Crippen MR) is 122 cm³/mol. The first-order valence-electron chi connectivity index (χ1n) is 11.7. The van der Waals surface area contributed by atoms with Crippen molar-refractivity contribution in [2.75, 3.05) is 6.79 Å². The van der Waals surface area contributed by atoms with E-state index in [4.69, 9.17) is 9.47 Å². The lowest BCUT2D eigenvalue weighted by Crippen LogP contribution is -2.50. The average Bonchev–Trinajstić information content (AvgIpc) is 3.30. The summed E-state index contributed by atoms with van der Waals surface area (Å²) in [6, 6.07) is 11.4. The van der Waals surface area contributed by atoms with Crippen LogP contribution in [-0.4, -0.2) is 35.6 Å². The van der Waals surface area contributed by atoms with E-state index in [9.17, 15) is 14.0 Å². The lowest BCUT2D eigenvalue weighted by atomic mass is 9.95. The van der Waals surface area contributed by atoms with E-state index in [1.165, 1.54) is 17.4 Å². The predicted octanol–water partition coefficient (Wildman–Crippen LogP) is 4.35. The summed E-state index contributed by atoms with van der Waals surface area (Å²) < 4.78 is 25.1. The number of nitrogens with one attached hydrogen (secondary N) is 1. The quantitative estimate of drug-likeness (QED) is 0.644. The molecule has 4 rings (SSSR count). The molecule has 0 spiro atoms. The average molecular weight is 455 g/mol. The number of fused-ring (bicyclic) bond motifs is 1. The molecule has 2 aliphatic rings. The number of nitrogens with zero attached hydrogens (tertiary/aromatic N) is 1. The van der Waals surface area contributed by atoms with E-state index < -0.39 is 6.04 Å². The molecule has 1 heterocycles. The van der Waals surface area contributed by atoms with Gasteiger partial charge in [0.15, 0.2) is 11.5 Å². The molecular formula is C26H31FN2O4. The SMILES string of the molecule is CC(C(=O)NC1CCCCC1)N(Cc1ccccc1F)C(=O)CCc1ccc2c(c1)OCO2. The molecule has 2 amide bonds. The molecule has 1 N–H and O–H groups in total. The number of benzene rings is 2. The zero-order valence-electron chi connectivity index (χ0n) is 19.0. The Morgan fingerprint density at radius 3 is 2.64 bits per heavy atom. The van der Waals surface area contributed by atoms with E-state index in [0.29, 0.717) is 23.5 Å². The van der Waals surface area contributed by atoms with Gasteiger partial charge >= 0.3 is 0 Å². The number of hydrogen-bond acceptors (Lipinski definition) is 4. The molecule has 7 heteroatoms. The zero-order valence-corrected chi connectivity index (χ0v) is 19.0. The van der Waals surface area contributed by atoms with E-state index in [1.807, 2.05) is 18.2 Å². The van der Waals surface area contributed by atoms with Gasteiger partial charge in [0.2, 0.25) is 18.6 Å². The highest BCUT2D eigenvalue weighted by molar-refractivity contribution is 5.87. The summed E-state index contributed by atoms with van der Waals surface area (Å²) >= 11 is 0. The van der Waals surface area contributed by atoms with E-state index in [0.717, 1.165) is 31.2 Å². The second-order valence-electron chi connectivity index (χ2n) is 8.82. The molecule has 1 fully saturated rings. The van der Waals surface area contributed by atoms with Crippen LogP contribution < -0.4 is 14.8 Å². The molecule has 0 radical (unpaired) electrons. The van der Waals surface area contributed by atoms with Crippen LogP contribution in [0.15, 0.2) is 42.5 Å². The second-order valence-corrected chi connectivity index (χ2v) is 8.82. The fourth-order valence-corrected chi connectivity index (χ4v) is 4.45. The molecule has 33 heavy (non-hydrogen) atoms. The fourth-order valence-electron chi connectivity index (χ4n) is 4.45. The molecule has 0 bridgehead atoms. The Morgan fingerprint density at radius 1 is 1.09 bits per heavy atom. The molecule has 2 aromatic carbocycles. The van der Waals surface area contributed by atoms with Crippen LogP contribution in [0.1, 0.15) is 56.6 Å². The van der Waals surface area contributed by atoms with Gasteiger partial charge in [-0.15, -0.1) is 0 Å². The third-order valence-corrected chi connectivity index (χ3v) is 6.48. The maximum Gasteiger partial charge on any atom is 0.242 e. The number of carbonyl (C=O) groups is 2. The van der Waals surface area contributed by atoms with Gasteiger partial charge in [0.05, 0.1) is 0 Å². The summed E-state index contributed by atoms with van der Waals surface area (Å²) in [5, 5.41) is 3.10. The van der Waals surface area contributed by atoms with Gasteiger partial charge in [0.25, 0.3) is 0 Å². The highest BCUT2D eigenvalue weighted by Crippen LogP contribution is 2.33. The molecule has 6 nitrogen and oxygen atoms in total. The third kappa shape index (κ3) is 5.83. The molecule has 1 aliphatic carbocycles. The van der Waals surface area contributed by atoms with E-state index in [1.54, 1.807) is 25.1 Å². The molecule has 0 aromatic heterocycles. The lowest BCUT2D eigenvalue weighted by Gasteiger charge is -2.31. The first kappa shape index (κ1) is 23.1. The summed E-state index contributed by atoms with van der Waals surface area (Å²) in [7, 11) is 0. The maximum absolute atomic E-state index is 14.4. The van der Waals surface area contributed by atoms with Crippen LogP contribution in [0.4, 0.5) is 4.39 Å². The summed E-state index contributed by atoms with van der Waals surface area (Å²) in [5.41, 5.74) is 1.34. The monoisotopic (exact) mass is 454 g/mol. The Kier molecular flexibility index (Phi) is 7.47. The Morgan fingerprint density at radius 2 is 1.85 bits per heavy atom. The van der Waals surface area contributed by atoms with Crippen LogP contribution in [0.2, 0.25) is 0 Å². The number of carbonyl (C=O) groups excluding carboxylic acids is 2. The van der Waals surface area contributed by atoms with Gasteiger partial charge in [0, 0.05) is 24.6 Å².